The number of rotatable bonds is 12. The van der Waals surface area contributed by atoms with Gasteiger partial charge in [0.15, 0.2) is 0 Å². The molecule has 0 unspecified atom stereocenters. The summed E-state index contributed by atoms with van der Waals surface area (Å²) in [4.78, 5) is 70.4. The highest BCUT2D eigenvalue weighted by Gasteiger charge is 2.40. The molecule has 2 saturated heterocycles. The molecule has 0 aliphatic carbocycles. The summed E-state index contributed by atoms with van der Waals surface area (Å²) in [5.41, 5.74) is 6.40. The highest BCUT2D eigenvalue weighted by Crippen LogP contribution is 2.22. The van der Waals surface area contributed by atoms with Crippen molar-refractivity contribution in [2.24, 2.45) is 11.7 Å². The third-order valence-electron chi connectivity index (χ3n) is 8.48. The van der Waals surface area contributed by atoms with E-state index >= 15 is 0 Å². The zero-order valence-corrected chi connectivity index (χ0v) is 27.0. The number of nitrogens with one attached hydrogen (secondary N) is 4. The van der Waals surface area contributed by atoms with Crippen molar-refractivity contribution in [3.8, 4) is 5.75 Å². The number of phenolic OH excluding ortho intramolecular Hbond substituents is 1. The third-order valence-corrected chi connectivity index (χ3v) is 8.48. The fourth-order valence-electron chi connectivity index (χ4n) is 5.99. The van der Waals surface area contributed by atoms with Crippen LogP contribution in [0.1, 0.15) is 90.5 Å². The van der Waals surface area contributed by atoms with Gasteiger partial charge in [0.2, 0.25) is 29.5 Å². The van der Waals surface area contributed by atoms with E-state index < -0.39 is 53.8 Å². The second-order valence-electron chi connectivity index (χ2n) is 12.7. The molecule has 2 aliphatic heterocycles. The Bertz CT molecular complexity index is 1160. The molecule has 1 aromatic carbocycles. The van der Waals surface area contributed by atoms with Crippen molar-refractivity contribution in [3.05, 3.63) is 29.8 Å². The number of unbranched alkanes of at least 4 members (excludes halogenated alkanes) is 3. The van der Waals surface area contributed by atoms with Crippen LogP contribution >= 0.6 is 0 Å². The van der Waals surface area contributed by atoms with E-state index in [0.29, 0.717) is 70.0 Å². The van der Waals surface area contributed by atoms with Crippen molar-refractivity contribution in [1.82, 2.24) is 26.2 Å². The number of hydrogen-bond acceptors (Lipinski definition) is 7. The number of hydrogen-bond donors (Lipinski definition) is 6. The van der Waals surface area contributed by atoms with Crippen molar-refractivity contribution in [2.45, 2.75) is 122 Å². The van der Waals surface area contributed by atoms with Crippen molar-refractivity contribution < 1.29 is 29.1 Å². The summed E-state index contributed by atoms with van der Waals surface area (Å²) in [6.45, 7) is 6.74. The topological polar surface area (TPSA) is 183 Å². The van der Waals surface area contributed by atoms with Crippen LogP contribution < -0.4 is 27.0 Å². The maximum atomic E-state index is 13.9. The molecular formula is C33H52N6O6. The molecule has 0 aromatic heterocycles. The van der Waals surface area contributed by atoms with E-state index in [1.54, 1.807) is 12.1 Å². The number of amides is 5. The van der Waals surface area contributed by atoms with Gasteiger partial charge in [0.1, 0.15) is 36.0 Å². The standard InChI is InChI=1S/C33H52N6O6/c1-4-5-6-10-24-29(41)35-25(11-7-8-17-34)30(42)38-27(19-21(2)3)33(45)39-18-9-12-28(39)32(44)37-26(31(43)36-24)20-22-13-15-23(40)16-14-22/h13-16,21,24-28,40H,4-12,17-20,34H2,1-3H3,(H,35,41)(H,36,43)(H,37,44)(H,38,42)/t24-,25-,26+,27+,28-/m0/s1. The fourth-order valence-corrected chi connectivity index (χ4v) is 5.99. The molecule has 5 atom stereocenters. The summed E-state index contributed by atoms with van der Waals surface area (Å²) in [7, 11) is 0. The molecule has 12 heteroatoms. The van der Waals surface area contributed by atoms with Crippen LogP contribution in [0.2, 0.25) is 0 Å². The quantitative estimate of drug-likeness (QED) is 0.190. The first-order valence-corrected chi connectivity index (χ1v) is 16.5. The lowest BCUT2D eigenvalue weighted by molar-refractivity contribution is -0.142. The lowest BCUT2D eigenvalue weighted by Crippen LogP contribution is -2.57. The monoisotopic (exact) mass is 628 g/mol. The maximum Gasteiger partial charge on any atom is 0.245 e. The Hall–Kier alpha value is -3.67. The molecule has 250 valence electrons. The number of benzene rings is 1. The Balaban J connectivity index is 2.02. The number of carbonyl (C=O) groups is 5. The number of nitrogens with two attached hydrogens (primary N) is 1. The second kappa shape index (κ2) is 17.7. The van der Waals surface area contributed by atoms with Crippen molar-refractivity contribution >= 4 is 29.5 Å². The molecule has 7 N–H and O–H groups in total. The second-order valence-corrected chi connectivity index (χ2v) is 12.7. The zero-order chi connectivity index (χ0) is 32.9. The molecule has 2 aliphatic rings. The molecule has 5 amide bonds. The molecule has 0 spiro atoms. The van der Waals surface area contributed by atoms with Crippen LogP contribution in [0.25, 0.3) is 0 Å². The van der Waals surface area contributed by atoms with Crippen LogP contribution in [-0.4, -0.2) is 82.8 Å². The van der Waals surface area contributed by atoms with E-state index in [9.17, 15) is 29.1 Å². The van der Waals surface area contributed by atoms with Gasteiger partial charge < -0.3 is 37.0 Å². The first-order valence-electron chi connectivity index (χ1n) is 16.5. The summed E-state index contributed by atoms with van der Waals surface area (Å²) < 4.78 is 0. The Morgan fingerprint density at radius 3 is 1.93 bits per heavy atom. The first kappa shape index (κ1) is 35.8. The first-order chi connectivity index (χ1) is 21.5. The molecular weight excluding hydrogens is 576 g/mol. The molecule has 0 radical (unpaired) electrons. The average Bonchev–Trinajstić information content (AvgIpc) is 3.49. The Morgan fingerprint density at radius 2 is 1.36 bits per heavy atom. The molecule has 0 saturated carbocycles. The minimum atomic E-state index is -1.04. The lowest BCUT2D eigenvalue weighted by atomic mass is 10.0. The summed E-state index contributed by atoms with van der Waals surface area (Å²) in [5.74, 6) is -2.18. The minimum Gasteiger partial charge on any atom is -0.508 e. The van der Waals surface area contributed by atoms with Gasteiger partial charge in [0, 0.05) is 13.0 Å². The van der Waals surface area contributed by atoms with E-state index in [4.69, 9.17) is 5.73 Å². The summed E-state index contributed by atoms with van der Waals surface area (Å²) >= 11 is 0. The molecule has 12 nitrogen and oxygen atoms in total. The summed E-state index contributed by atoms with van der Waals surface area (Å²) in [6, 6.07) is 1.76. The molecule has 1 aromatic rings. The van der Waals surface area contributed by atoms with Gasteiger partial charge in [-0.25, -0.2) is 0 Å². The van der Waals surface area contributed by atoms with Crippen LogP contribution in [0, 0.1) is 5.92 Å². The Labute approximate surface area is 266 Å². The van der Waals surface area contributed by atoms with Gasteiger partial charge in [-0.2, -0.15) is 0 Å². The average molecular weight is 629 g/mol. The smallest absolute Gasteiger partial charge is 0.245 e. The van der Waals surface area contributed by atoms with Gasteiger partial charge in [-0.1, -0.05) is 52.2 Å². The molecule has 3 rings (SSSR count). The van der Waals surface area contributed by atoms with E-state index in [2.05, 4.69) is 21.3 Å². The molecule has 2 fully saturated rings. The number of nitrogens with zero attached hydrogens (tertiary/aromatic N) is 1. The van der Waals surface area contributed by atoms with Crippen LogP contribution in [-0.2, 0) is 30.4 Å². The predicted octanol–water partition coefficient (Wildman–Crippen LogP) is 1.63. The highest BCUT2D eigenvalue weighted by molar-refractivity contribution is 5.98. The Morgan fingerprint density at radius 1 is 0.800 bits per heavy atom. The summed E-state index contributed by atoms with van der Waals surface area (Å²) in [6.07, 6.45) is 5.87. The number of aromatic hydroxyl groups is 1. The molecule has 2 heterocycles. The number of carbonyl (C=O) groups excluding carboxylic acids is 5. The van der Waals surface area contributed by atoms with Gasteiger partial charge in [-0.3, -0.25) is 24.0 Å². The van der Waals surface area contributed by atoms with Gasteiger partial charge in [-0.15, -0.1) is 0 Å². The van der Waals surface area contributed by atoms with Gasteiger partial charge >= 0.3 is 0 Å². The van der Waals surface area contributed by atoms with Gasteiger partial charge in [0.25, 0.3) is 0 Å². The van der Waals surface area contributed by atoms with E-state index in [-0.39, 0.29) is 24.0 Å². The van der Waals surface area contributed by atoms with Crippen LogP contribution in [0.3, 0.4) is 0 Å². The van der Waals surface area contributed by atoms with Crippen LogP contribution in [0.4, 0.5) is 0 Å². The third kappa shape index (κ3) is 10.7. The van der Waals surface area contributed by atoms with E-state index in [0.717, 1.165) is 12.8 Å². The fraction of sp³-hybridized carbons (Fsp3) is 0.667. The number of fused-ring (bicyclic) bond motifs is 1. The van der Waals surface area contributed by atoms with E-state index in [1.807, 2.05) is 20.8 Å². The normalized spacial score (nSPS) is 25.1. The zero-order valence-electron chi connectivity index (χ0n) is 27.0. The Kier molecular flexibility index (Phi) is 14.1. The SMILES string of the molecule is CCCCC[C@@H]1NC(=O)[C@@H](Cc2ccc(O)cc2)NC(=O)[C@@H]2CCCN2C(=O)[C@@H](CC(C)C)NC(=O)[C@H](CCCCN)NC1=O. The number of phenols is 1. The lowest BCUT2D eigenvalue weighted by Gasteiger charge is -2.31. The van der Waals surface area contributed by atoms with Crippen molar-refractivity contribution in [2.75, 3.05) is 13.1 Å². The summed E-state index contributed by atoms with van der Waals surface area (Å²) in [5, 5.41) is 21.2. The predicted molar refractivity (Wildman–Crippen MR) is 171 cm³/mol. The van der Waals surface area contributed by atoms with Crippen LogP contribution in [0.5, 0.6) is 5.75 Å². The van der Waals surface area contributed by atoms with E-state index in [1.165, 1.54) is 17.0 Å². The van der Waals surface area contributed by atoms with Crippen molar-refractivity contribution in [3.63, 3.8) is 0 Å². The molecule has 0 bridgehead atoms. The largest absolute Gasteiger partial charge is 0.508 e. The maximum absolute atomic E-state index is 13.9. The van der Waals surface area contributed by atoms with Crippen molar-refractivity contribution in [1.29, 1.82) is 0 Å². The van der Waals surface area contributed by atoms with Gasteiger partial charge in [-0.05, 0) is 75.1 Å². The van der Waals surface area contributed by atoms with Gasteiger partial charge in [0.05, 0.1) is 0 Å². The minimum absolute atomic E-state index is 0.0703. The molecule has 45 heavy (non-hydrogen) atoms. The van der Waals surface area contributed by atoms with Crippen LogP contribution in [0.15, 0.2) is 24.3 Å². The highest BCUT2D eigenvalue weighted by atomic mass is 16.3.